The van der Waals surface area contributed by atoms with E-state index in [2.05, 4.69) is 0 Å². The molecule has 0 radical (unpaired) electrons. The molecule has 0 aromatic heterocycles. The van der Waals surface area contributed by atoms with E-state index in [1.165, 1.54) is 30.0 Å². The van der Waals surface area contributed by atoms with E-state index in [0.717, 1.165) is 0 Å². The fourth-order valence-electron chi connectivity index (χ4n) is 1.87. The molecular formula is C11H10N2O5. The molecule has 1 N–H and O–H groups in total. The second-order valence-corrected chi connectivity index (χ2v) is 4.05. The fraction of sp³-hybridized carbons (Fsp3) is 0.273. The second kappa shape index (κ2) is 4.10. The maximum Gasteiger partial charge on any atom is 0.326 e. The Labute approximate surface area is 102 Å². The molecule has 1 amide bonds. The van der Waals surface area contributed by atoms with Gasteiger partial charge in [0.1, 0.15) is 6.04 Å². The van der Waals surface area contributed by atoms with Crippen LogP contribution in [0.4, 0.5) is 5.69 Å². The molecule has 1 unspecified atom stereocenters. The van der Waals surface area contributed by atoms with Gasteiger partial charge in [-0.05, 0) is 18.6 Å². The van der Waals surface area contributed by atoms with Crippen LogP contribution in [0.3, 0.4) is 0 Å². The number of hydrogen-bond donors (Lipinski definition) is 1. The third-order valence-electron chi connectivity index (χ3n) is 2.96. The molecule has 1 aliphatic heterocycles. The highest BCUT2D eigenvalue weighted by atomic mass is 16.6. The number of carbonyl (C=O) groups is 2. The van der Waals surface area contributed by atoms with Gasteiger partial charge in [-0.25, -0.2) is 4.79 Å². The van der Waals surface area contributed by atoms with Gasteiger partial charge in [-0.15, -0.1) is 0 Å². The van der Waals surface area contributed by atoms with Gasteiger partial charge in [-0.2, -0.15) is 0 Å². The third-order valence-corrected chi connectivity index (χ3v) is 2.96. The number of nitrogens with zero attached hydrogens (tertiary/aromatic N) is 2. The van der Waals surface area contributed by atoms with Gasteiger partial charge >= 0.3 is 5.97 Å². The van der Waals surface area contributed by atoms with Crippen LogP contribution in [0, 0.1) is 10.1 Å². The van der Waals surface area contributed by atoms with Crippen LogP contribution >= 0.6 is 0 Å². The molecule has 94 valence electrons. The number of amides is 1. The van der Waals surface area contributed by atoms with Crippen LogP contribution in [0.2, 0.25) is 0 Å². The van der Waals surface area contributed by atoms with Crippen molar-refractivity contribution in [3.8, 4) is 0 Å². The lowest BCUT2D eigenvalue weighted by molar-refractivity contribution is -0.384. The highest BCUT2D eigenvalue weighted by molar-refractivity contribution is 6.00. The van der Waals surface area contributed by atoms with Gasteiger partial charge in [0, 0.05) is 18.7 Å². The number of non-ortho nitro benzene ring substituents is 1. The molecule has 0 aliphatic carbocycles. The van der Waals surface area contributed by atoms with Gasteiger partial charge in [0.15, 0.2) is 0 Å². The lowest BCUT2D eigenvalue weighted by Gasteiger charge is -2.19. The third kappa shape index (κ3) is 1.79. The summed E-state index contributed by atoms with van der Waals surface area (Å²) in [4.78, 5) is 34.0. The summed E-state index contributed by atoms with van der Waals surface area (Å²) in [6, 6.07) is 3.02. The molecule has 7 heteroatoms. The standard InChI is InChI=1S/C11H10N2O5/c1-6(11(15)16)12-5-7-2-3-8(13(17)18)4-9(7)10(12)14/h2-4,6H,5H2,1H3,(H,15,16). The van der Waals surface area contributed by atoms with E-state index in [0.29, 0.717) is 5.56 Å². The van der Waals surface area contributed by atoms with Gasteiger partial charge in [0.05, 0.1) is 10.5 Å². The molecule has 0 bridgehead atoms. The van der Waals surface area contributed by atoms with Crippen molar-refractivity contribution < 1.29 is 19.6 Å². The Morgan fingerprint density at radius 1 is 1.56 bits per heavy atom. The Balaban J connectivity index is 2.37. The van der Waals surface area contributed by atoms with Crippen LogP contribution in [0.5, 0.6) is 0 Å². The Kier molecular flexibility index (Phi) is 2.74. The summed E-state index contributed by atoms with van der Waals surface area (Å²) in [6.45, 7) is 1.57. The van der Waals surface area contributed by atoms with E-state index >= 15 is 0 Å². The lowest BCUT2D eigenvalue weighted by Crippen LogP contribution is -2.38. The SMILES string of the molecule is CC(C(=O)O)N1Cc2ccc([N+](=O)[O-])cc2C1=O. The van der Waals surface area contributed by atoms with Gasteiger partial charge < -0.3 is 10.0 Å². The number of hydrogen-bond acceptors (Lipinski definition) is 4. The zero-order valence-electron chi connectivity index (χ0n) is 9.49. The van der Waals surface area contributed by atoms with Crippen molar-refractivity contribution in [1.29, 1.82) is 0 Å². The molecule has 1 aromatic rings. The molecule has 1 atom stereocenters. The maximum absolute atomic E-state index is 12.0. The zero-order valence-corrected chi connectivity index (χ0v) is 9.49. The number of nitro benzene ring substituents is 1. The Hall–Kier alpha value is -2.44. The van der Waals surface area contributed by atoms with Crippen molar-refractivity contribution in [2.45, 2.75) is 19.5 Å². The molecule has 7 nitrogen and oxygen atoms in total. The van der Waals surface area contributed by atoms with Crippen molar-refractivity contribution in [1.82, 2.24) is 4.90 Å². The summed E-state index contributed by atoms with van der Waals surface area (Å²) >= 11 is 0. The summed E-state index contributed by atoms with van der Waals surface area (Å²) in [7, 11) is 0. The summed E-state index contributed by atoms with van der Waals surface area (Å²) in [5.41, 5.74) is 0.642. The molecule has 18 heavy (non-hydrogen) atoms. The number of rotatable bonds is 3. The molecule has 2 rings (SSSR count). The Bertz CT molecular complexity index is 554. The first-order chi connectivity index (χ1) is 8.41. The monoisotopic (exact) mass is 250 g/mol. The molecule has 1 aliphatic rings. The predicted octanol–water partition coefficient (Wildman–Crippen LogP) is 1.02. The molecule has 0 fully saturated rings. The number of carbonyl (C=O) groups excluding carboxylic acids is 1. The Morgan fingerprint density at radius 2 is 2.22 bits per heavy atom. The minimum absolute atomic E-state index is 0.166. The average molecular weight is 250 g/mol. The number of carboxylic acid groups (broad SMARTS) is 1. The van der Waals surface area contributed by atoms with Gasteiger partial charge in [0.25, 0.3) is 11.6 Å². The van der Waals surface area contributed by atoms with Crippen LogP contribution in [-0.4, -0.2) is 32.8 Å². The van der Waals surface area contributed by atoms with Crippen LogP contribution in [-0.2, 0) is 11.3 Å². The normalized spacial score (nSPS) is 15.4. The van der Waals surface area contributed by atoms with Crippen LogP contribution in [0.25, 0.3) is 0 Å². The van der Waals surface area contributed by atoms with E-state index in [-0.39, 0.29) is 17.8 Å². The highest BCUT2D eigenvalue weighted by Crippen LogP contribution is 2.27. The smallest absolute Gasteiger partial charge is 0.326 e. The minimum Gasteiger partial charge on any atom is -0.480 e. The maximum atomic E-state index is 12.0. The summed E-state index contributed by atoms with van der Waals surface area (Å²) in [6.07, 6.45) is 0. The van der Waals surface area contributed by atoms with Crippen molar-refractivity contribution in [2.24, 2.45) is 0 Å². The van der Waals surface area contributed by atoms with Gasteiger partial charge in [0.2, 0.25) is 0 Å². The molecule has 0 saturated carbocycles. The van der Waals surface area contributed by atoms with Gasteiger partial charge in [-0.3, -0.25) is 14.9 Å². The van der Waals surface area contributed by atoms with E-state index in [4.69, 9.17) is 5.11 Å². The van der Waals surface area contributed by atoms with E-state index in [1.807, 2.05) is 0 Å². The van der Waals surface area contributed by atoms with E-state index < -0.39 is 22.8 Å². The number of fused-ring (bicyclic) bond motifs is 1. The number of aliphatic carboxylic acids is 1. The van der Waals surface area contributed by atoms with Crippen molar-refractivity contribution in [3.63, 3.8) is 0 Å². The van der Waals surface area contributed by atoms with Crippen LogP contribution in [0.1, 0.15) is 22.8 Å². The fourth-order valence-corrected chi connectivity index (χ4v) is 1.87. The first-order valence-corrected chi connectivity index (χ1v) is 5.23. The summed E-state index contributed by atoms with van der Waals surface area (Å²) < 4.78 is 0. The van der Waals surface area contributed by atoms with E-state index in [1.54, 1.807) is 0 Å². The number of nitro groups is 1. The molecule has 0 saturated heterocycles. The molecular weight excluding hydrogens is 240 g/mol. The topological polar surface area (TPSA) is 101 Å². The van der Waals surface area contributed by atoms with Crippen LogP contribution in [0.15, 0.2) is 18.2 Å². The largest absolute Gasteiger partial charge is 0.480 e. The Morgan fingerprint density at radius 3 is 2.78 bits per heavy atom. The van der Waals surface area contributed by atoms with Crippen molar-refractivity contribution >= 4 is 17.6 Å². The lowest BCUT2D eigenvalue weighted by atomic mass is 10.1. The number of benzene rings is 1. The first-order valence-electron chi connectivity index (χ1n) is 5.23. The number of carboxylic acids is 1. The first kappa shape index (κ1) is 12.0. The molecule has 1 heterocycles. The molecule has 1 aromatic carbocycles. The zero-order chi connectivity index (χ0) is 13.4. The predicted molar refractivity (Wildman–Crippen MR) is 60.1 cm³/mol. The van der Waals surface area contributed by atoms with Crippen molar-refractivity contribution in [3.05, 3.63) is 39.4 Å². The average Bonchev–Trinajstić information content (AvgIpc) is 2.65. The summed E-state index contributed by atoms with van der Waals surface area (Å²) in [5.74, 6) is -1.59. The van der Waals surface area contributed by atoms with E-state index in [9.17, 15) is 19.7 Å². The van der Waals surface area contributed by atoms with Crippen LogP contribution < -0.4 is 0 Å². The minimum atomic E-state index is -1.11. The quantitative estimate of drug-likeness (QED) is 0.637. The molecule has 0 spiro atoms. The highest BCUT2D eigenvalue weighted by Gasteiger charge is 2.34. The second-order valence-electron chi connectivity index (χ2n) is 4.05. The summed E-state index contributed by atoms with van der Waals surface area (Å²) in [5, 5.41) is 19.5. The van der Waals surface area contributed by atoms with Gasteiger partial charge in [-0.1, -0.05) is 0 Å². The van der Waals surface area contributed by atoms with Crippen molar-refractivity contribution in [2.75, 3.05) is 0 Å².